The lowest BCUT2D eigenvalue weighted by Gasteiger charge is -2.13. The number of nitrogens with zero attached hydrogens (tertiary/aromatic N) is 1. The van der Waals surface area contributed by atoms with Crippen molar-refractivity contribution in [1.82, 2.24) is 10.3 Å². The van der Waals surface area contributed by atoms with Crippen LogP contribution in [-0.2, 0) is 6.54 Å². The number of methoxy groups -OCH3 is 1. The van der Waals surface area contributed by atoms with Crippen LogP contribution in [0.25, 0.3) is 0 Å². The van der Waals surface area contributed by atoms with Crippen molar-refractivity contribution >= 4 is 17.3 Å². The van der Waals surface area contributed by atoms with Crippen LogP contribution >= 0.6 is 11.3 Å². The van der Waals surface area contributed by atoms with E-state index in [1.54, 1.807) is 12.5 Å². The molecule has 0 aliphatic heterocycles. The van der Waals surface area contributed by atoms with Gasteiger partial charge in [-0.2, -0.15) is 0 Å². The van der Waals surface area contributed by atoms with Crippen LogP contribution in [0.4, 0.5) is 0 Å². The number of aromatic nitrogens is 1. The molecule has 0 amide bonds. The summed E-state index contributed by atoms with van der Waals surface area (Å²) in [6.45, 7) is 2.59. The van der Waals surface area contributed by atoms with Gasteiger partial charge in [-0.3, -0.25) is 0 Å². The van der Waals surface area contributed by atoms with Gasteiger partial charge in [0.1, 0.15) is 5.75 Å². The van der Waals surface area contributed by atoms with Crippen LogP contribution in [0.1, 0.15) is 34.0 Å². The Balaban J connectivity index is 1.93. The molecule has 106 valence electrons. The number of rotatable bonds is 6. The maximum Gasteiger partial charge on any atom is 0.365 e. The van der Waals surface area contributed by atoms with E-state index in [2.05, 4.69) is 10.3 Å². The first kappa shape index (κ1) is 14.5. The van der Waals surface area contributed by atoms with Gasteiger partial charge in [0.25, 0.3) is 0 Å². The molecule has 0 aliphatic rings. The molecule has 6 heteroatoms. The average molecular weight is 292 g/mol. The minimum atomic E-state index is -0.982. The molecule has 1 heterocycles. The summed E-state index contributed by atoms with van der Waals surface area (Å²) in [4.78, 5) is 14.8. The molecule has 5 nitrogen and oxygen atoms in total. The number of aromatic carboxylic acids is 1. The molecule has 0 saturated carbocycles. The van der Waals surface area contributed by atoms with Crippen molar-refractivity contribution in [3.05, 3.63) is 45.9 Å². The summed E-state index contributed by atoms with van der Waals surface area (Å²) in [5, 5.41) is 14.0. The van der Waals surface area contributed by atoms with E-state index in [1.165, 1.54) is 0 Å². The van der Waals surface area contributed by atoms with Gasteiger partial charge >= 0.3 is 5.97 Å². The fourth-order valence-electron chi connectivity index (χ4n) is 1.75. The van der Waals surface area contributed by atoms with Gasteiger partial charge in [0.05, 0.1) is 12.8 Å². The standard InChI is InChI=1S/C14H16N2O3S/c1-9(10-3-5-12(19-2)6-4-10)15-7-11-8-20-13(16-11)14(17)18/h3-6,8-9,15H,7H2,1-2H3,(H,17,18)/t9-/m1/s1. The molecule has 2 N–H and O–H groups in total. The molecule has 0 bridgehead atoms. The number of carbonyl (C=O) groups is 1. The summed E-state index contributed by atoms with van der Waals surface area (Å²) < 4.78 is 5.12. The molecular weight excluding hydrogens is 276 g/mol. The zero-order valence-electron chi connectivity index (χ0n) is 11.3. The maximum absolute atomic E-state index is 10.7. The predicted octanol–water partition coefficient (Wildman–Crippen LogP) is 2.70. The molecule has 0 spiro atoms. The minimum Gasteiger partial charge on any atom is -0.497 e. The minimum absolute atomic E-state index is 0.124. The quantitative estimate of drug-likeness (QED) is 0.856. The lowest BCUT2D eigenvalue weighted by atomic mass is 10.1. The molecule has 0 radical (unpaired) electrons. The largest absolute Gasteiger partial charge is 0.497 e. The molecule has 20 heavy (non-hydrogen) atoms. The highest BCUT2D eigenvalue weighted by atomic mass is 32.1. The van der Waals surface area contributed by atoms with E-state index in [0.717, 1.165) is 28.3 Å². The third-order valence-corrected chi connectivity index (χ3v) is 3.82. The molecule has 2 aromatic rings. The zero-order valence-corrected chi connectivity index (χ0v) is 12.1. The summed E-state index contributed by atoms with van der Waals surface area (Å²) in [5.41, 5.74) is 1.88. The molecule has 0 saturated heterocycles. The Morgan fingerprint density at radius 2 is 2.15 bits per heavy atom. The van der Waals surface area contributed by atoms with Gasteiger partial charge in [0.15, 0.2) is 0 Å². The van der Waals surface area contributed by atoms with Gasteiger partial charge in [-0.15, -0.1) is 11.3 Å². The second kappa shape index (κ2) is 6.49. The van der Waals surface area contributed by atoms with E-state index in [-0.39, 0.29) is 11.0 Å². The van der Waals surface area contributed by atoms with Crippen LogP contribution in [0.15, 0.2) is 29.6 Å². The normalized spacial score (nSPS) is 12.1. The first-order valence-electron chi connectivity index (χ1n) is 6.15. The van der Waals surface area contributed by atoms with Crippen LogP contribution < -0.4 is 10.1 Å². The van der Waals surface area contributed by atoms with Gasteiger partial charge in [-0.05, 0) is 24.6 Å². The van der Waals surface area contributed by atoms with Crippen molar-refractivity contribution in [1.29, 1.82) is 0 Å². The van der Waals surface area contributed by atoms with Crippen LogP contribution in [0.5, 0.6) is 5.75 Å². The van der Waals surface area contributed by atoms with Crippen LogP contribution in [0.3, 0.4) is 0 Å². The van der Waals surface area contributed by atoms with Crippen molar-refractivity contribution in [2.75, 3.05) is 7.11 Å². The fraction of sp³-hybridized carbons (Fsp3) is 0.286. The predicted molar refractivity (Wildman–Crippen MR) is 77.3 cm³/mol. The zero-order chi connectivity index (χ0) is 14.5. The van der Waals surface area contributed by atoms with Crippen LogP contribution in [0.2, 0.25) is 0 Å². The molecule has 0 unspecified atom stereocenters. The van der Waals surface area contributed by atoms with E-state index >= 15 is 0 Å². The van der Waals surface area contributed by atoms with Gasteiger partial charge in [-0.25, -0.2) is 9.78 Å². The summed E-state index contributed by atoms with van der Waals surface area (Å²) in [7, 11) is 1.64. The monoisotopic (exact) mass is 292 g/mol. The Kier molecular flexibility index (Phi) is 4.70. The SMILES string of the molecule is COc1ccc([C@@H](C)NCc2csc(C(=O)O)n2)cc1. The van der Waals surface area contributed by atoms with E-state index in [4.69, 9.17) is 9.84 Å². The molecule has 1 aromatic heterocycles. The third kappa shape index (κ3) is 3.55. The molecule has 1 aromatic carbocycles. The third-order valence-electron chi connectivity index (χ3n) is 2.94. The number of benzene rings is 1. The highest BCUT2D eigenvalue weighted by Gasteiger charge is 2.10. The summed E-state index contributed by atoms with van der Waals surface area (Å²) in [6, 6.07) is 7.98. The van der Waals surface area contributed by atoms with Crippen molar-refractivity contribution in [3.63, 3.8) is 0 Å². The topological polar surface area (TPSA) is 71.5 Å². The van der Waals surface area contributed by atoms with E-state index in [1.807, 2.05) is 31.2 Å². The highest BCUT2D eigenvalue weighted by Crippen LogP contribution is 2.18. The van der Waals surface area contributed by atoms with Gasteiger partial charge in [-0.1, -0.05) is 12.1 Å². The van der Waals surface area contributed by atoms with E-state index in [9.17, 15) is 4.79 Å². The van der Waals surface area contributed by atoms with Crippen molar-refractivity contribution in [2.45, 2.75) is 19.5 Å². The van der Waals surface area contributed by atoms with E-state index in [0.29, 0.717) is 6.54 Å². The Bertz CT molecular complexity index is 580. The van der Waals surface area contributed by atoms with Crippen molar-refractivity contribution in [3.8, 4) is 5.75 Å². The lowest BCUT2D eigenvalue weighted by molar-refractivity contribution is 0.0696. The Morgan fingerprint density at radius 1 is 1.45 bits per heavy atom. The Hall–Kier alpha value is -1.92. The van der Waals surface area contributed by atoms with Crippen molar-refractivity contribution in [2.24, 2.45) is 0 Å². The Morgan fingerprint density at radius 3 is 2.70 bits per heavy atom. The molecule has 0 fully saturated rings. The molecule has 2 rings (SSSR count). The first-order chi connectivity index (χ1) is 9.60. The second-order valence-electron chi connectivity index (χ2n) is 4.32. The van der Waals surface area contributed by atoms with Crippen LogP contribution in [0, 0.1) is 0 Å². The van der Waals surface area contributed by atoms with Gasteiger partial charge < -0.3 is 15.2 Å². The number of nitrogens with one attached hydrogen (secondary N) is 1. The second-order valence-corrected chi connectivity index (χ2v) is 5.18. The Labute approximate surface area is 121 Å². The number of ether oxygens (including phenoxy) is 1. The lowest BCUT2D eigenvalue weighted by Crippen LogP contribution is -2.18. The van der Waals surface area contributed by atoms with Crippen LogP contribution in [-0.4, -0.2) is 23.2 Å². The molecular formula is C14H16N2O3S. The van der Waals surface area contributed by atoms with Gasteiger partial charge in [0, 0.05) is 18.0 Å². The first-order valence-corrected chi connectivity index (χ1v) is 7.03. The molecule has 1 atom stereocenters. The number of thiazole rings is 1. The maximum atomic E-state index is 10.7. The van der Waals surface area contributed by atoms with Crippen molar-refractivity contribution < 1.29 is 14.6 Å². The number of carboxylic acid groups (broad SMARTS) is 1. The average Bonchev–Trinajstić information content (AvgIpc) is 2.94. The summed E-state index contributed by atoms with van der Waals surface area (Å²) >= 11 is 1.14. The summed E-state index contributed by atoms with van der Waals surface area (Å²) in [5.74, 6) is -0.156. The summed E-state index contributed by atoms with van der Waals surface area (Å²) in [6.07, 6.45) is 0. The highest BCUT2D eigenvalue weighted by molar-refractivity contribution is 7.11. The molecule has 0 aliphatic carbocycles. The van der Waals surface area contributed by atoms with E-state index < -0.39 is 5.97 Å². The number of carboxylic acids is 1. The van der Waals surface area contributed by atoms with Gasteiger partial charge in [0.2, 0.25) is 5.01 Å². The smallest absolute Gasteiger partial charge is 0.365 e. The number of hydrogen-bond acceptors (Lipinski definition) is 5. The fourth-order valence-corrected chi connectivity index (χ4v) is 2.41. The number of hydrogen-bond donors (Lipinski definition) is 2.